The SMILES string of the molecule is NC1(CCc2ccc(O)c(C(F)F)c2)CC1. The summed E-state index contributed by atoms with van der Waals surface area (Å²) >= 11 is 0. The zero-order valence-corrected chi connectivity index (χ0v) is 8.92. The van der Waals surface area contributed by atoms with Crippen LogP contribution in [-0.2, 0) is 6.42 Å². The first kappa shape index (κ1) is 11.3. The van der Waals surface area contributed by atoms with Gasteiger partial charge in [0.1, 0.15) is 5.75 Å². The number of hydrogen-bond donors (Lipinski definition) is 2. The maximum atomic E-state index is 12.5. The molecule has 16 heavy (non-hydrogen) atoms. The third-order valence-electron chi connectivity index (χ3n) is 3.13. The van der Waals surface area contributed by atoms with Crippen molar-refractivity contribution in [2.45, 2.75) is 37.6 Å². The Morgan fingerprint density at radius 3 is 2.62 bits per heavy atom. The molecule has 0 heterocycles. The van der Waals surface area contributed by atoms with Crippen LogP contribution in [0.15, 0.2) is 18.2 Å². The van der Waals surface area contributed by atoms with E-state index in [0.717, 1.165) is 24.8 Å². The predicted molar refractivity (Wildman–Crippen MR) is 57.5 cm³/mol. The largest absolute Gasteiger partial charge is 0.507 e. The monoisotopic (exact) mass is 227 g/mol. The molecule has 1 saturated carbocycles. The number of phenolic OH excluding ortho intramolecular Hbond substituents is 1. The van der Waals surface area contributed by atoms with Gasteiger partial charge in [0, 0.05) is 5.54 Å². The quantitative estimate of drug-likeness (QED) is 0.830. The Hall–Kier alpha value is -1.16. The minimum Gasteiger partial charge on any atom is -0.507 e. The van der Waals surface area contributed by atoms with E-state index >= 15 is 0 Å². The molecule has 0 aliphatic heterocycles. The normalized spacial score (nSPS) is 17.8. The lowest BCUT2D eigenvalue weighted by Crippen LogP contribution is -2.22. The highest BCUT2D eigenvalue weighted by Gasteiger charge is 2.37. The maximum absolute atomic E-state index is 12.5. The fourth-order valence-electron chi connectivity index (χ4n) is 1.74. The van der Waals surface area contributed by atoms with Crippen LogP contribution in [0, 0.1) is 0 Å². The first-order valence-electron chi connectivity index (χ1n) is 5.39. The van der Waals surface area contributed by atoms with E-state index in [1.165, 1.54) is 12.1 Å². The molecule has 1 aliphatic rings. The van der Waals surface area contributed by atoms with Gasteiger partial charge < -0.3 is 10.8 Å². The lowest BCUT2D eigenvalue weighted by molar-refractivity contribution is 0.147. The second-order valence-electron chi connectivity index (χ2n) is 4.56. The molecule has 1 aromatic rings. The molecule has 3 N–H and O–H groups in total. The first-order chi connectivity index (χ1) is 7.50. The molecular weight excluding hydrogens is 212 g/mol. The number of aryl methyl sites for hydroxylation is 1. The van der Waals surface area contributed by atoms with Gasteiger partial charge in [-0.05, 0) is 43.4 Å². The Labute approximate surface area is 93.1 Å². The van der Waals surface area contributed by atoms with Crippen LogP contribution in [0.2, 0.25) is 0 Å². The van der Waals surface area contributed by atoms with Crippen LogP contribution in [0.25, 0.3) is 0 Å². The van der Waals surface area contributed by atoms with Crippen molar-refractivity contribution in [1.82, 2.24) is 0 Å². The minimum atomic E-state index is -2.63. The highest BCUT2D eigenvalue weighted by Crippen LogP contribution is 2.37. The van der Waals surface area contributed by atoms with Gasteiger partial charge in [0.2, 0.25) is 0 Å². The van der Waals surface area contributed by atoms with Gasteiger partial charge >= 0.3 is 0 Å². The van der Waals surface area contributed by atoms with Gasteiger partial charge in [-0.15, -0.1) is 0 Å². The van der Waals surface area contributed by atoms with Crippen LogP contribution in [-0.4, -0.2) is 10.6 Å². The molecule has 0 spiro atoms. The summed E-state index contributed by atoms with van der Waals surface area (Å²) in [6, 6.07) is 4.37. The summed E-state index contributed by atoms with van der Waals surface area (Å²) in [4.78, 5) is 0. The topological polar surface area (TPSA) is 46.2 Å². The number of halogens is 2. The van der Waals surface area contributed by atoms with Crippen LogP contribution in [0.3, 0.4) is 0 Å². The van der Waals surface area contributed by atoms with Crippen LogP contribution < -0.4 is 5.73 Å². The van der Waals surface area contributed by atoms with E-state index in [9.17, 15) is 13.9 Å². The van der Waals surface area contributed by atoms with Crippen molar-refractivity contribution in [2.75, 3.05) is 0 Å². The van der Waals surface area contributed by atoms with Crippen LogP contribution >= 0.6 is 0 Å². The summed E-state index contributed by atoms with van der Waals surface area (Å²) in [6.07, 6.45) is 0.920. The van der Waals surface area contributed by atoms with Crippen LogP contribution in [0.5, 0.6) is 5.75 Å². The number of nitrogens with two attached hydrogens (primary N) is 1. The average Bonchev–Trinajstić information content (AvgIpc) is 2.96. The van der Waals surface area contributed by atoms with E-state index in [1.807, 2.05) is 0 Å². The molecule has 2 rings (SSSR count). The lowest BCUT2D eigenvalue weighted by Gasteiger charge is -2.10. The molecule has 1 aromatic carbocycles. The summed E-state index contributed by atoms with van der Waals surface area (Å²) in [7, 11) is 0. The van der Waals surface area contributed by atoms with Gasteiger partial charge in [0.25, 0.3) is 6.43 Å². The second-order valence-corrected chi connectivity index (χ2v) is 4.56. The Balaban J connectivity index is 2.06. The van der Waals surface area contributed by atoms with E-state index in [2.05, 4.69) is 0 Å². The average molecular weight is 227 g/mol. The molecule has 0 atom stereocenters. The first-order valence-corrected chi connectivity index (χ1v) is 5.39. The Morgan fingerprint density at radius 1 is 1.38 bits per heavy atom. The molecule has 0 amide bonds. The second kappa shape index (κ2) is 4.01. The molecule has 88 valence electrons. The Kier molecular flexibility index (Phi) is 2.84. The zero-order chi connectivity index (χ0) is 11.8. The number of benzene rings is 1. The van der Waals surface area contributed by atoms with Crippen molar-refractivity contribution >= 4 is 0 Å². The molecule has 1 fully saturated rings. The molecule has 0 aromatic heterocycles. The number of alkyl halides is 2. The van der Waals surface area contributed by atoms with E-state index < -0.39 is 6.43 Å². The van der Waals surface area contributed by atoms with Gasteiger partial charge in [-0.1, -0.05) is 6.07 Å². The Bertz CT molecular complexity index is 389. The summed E-state index contributed by atoms with van der Waals surface area (Å²) in [5, 5.41) is 9.24. The molecule has 2 nitrogen and oxygen atoms in total. The minimum absolute atomic E-state index is 0.0666. The molecule has 0 saturated heterocycles. The molecule has 4 heteroatoms. The van der Waals surface area contributed by atoms with Crippen molar-refractivity contribution in [3.63, 3.8) is 0 Å². The molecule has 1 aliphatic carbocycles. The van der Waals surface area contributed by atoms with Gasteiger partial charge in [0.15, 0.2) is 0 Å². The maximum Gasteiger partial charge on any atom is 0.267 e. The van der Waals surface area contributed by atoms with Crippen molar-refractivity contribution in [3.05, 3.63) is 29.3 Å². The molecule has 0 bridgehead atoms. The highest BCUT2D eigenvalue weighted by atomic mass is 19.3. The fraction of sp³-hybridized carbons (Fsp3) is 0.500. The van der Waals surface area contributed by atoms with Gasteiger partial charge in [-0.25, -0.2) is 8.78 Å². The van der Waals surface area contributed by atoms with E-state index in [0.29, 0.717) is 6.42 Å². The molecule has 0 radical (unpaired) electrons. The van der Waals surface area contributed by atoms with Crippen LogP contribution in [0.1, 0.15) is 36.8 Å². The number of hydrogen-bond acceptors (Lipinski definition) is 2. The Morgan fingerprint density at radius 2 is 2.06 bits per heavy atom. The third-order valence-corrected chi connectivity index (χ3v) is 3.13. The van der Waals surface area contributed by atoms with Crippen molar-refractivity contribution in [3.8, 4) is 5.75 Å². The van der Waals surface area contributed by atoms with E-state index in [1.54, 1.807) is 6.07 Å². The van der Waals surface area contributed by atoms with Crippen molar-refractivity contribution < 1.29 is 13.9 Å². The molecule has 0 unspecified atom stereocenters. The highest BCUT2D eigenvalue weighted by molar-refractivity contribution is 5.37. The molecular formula is C12H15F2NO. The summed E-state index contributed by atoms with van der Waals surface area (Å²) in [5.74, 6) is -0.340. The standard InChI is InChI=1S/C12H15F2NO/c13-11(14)9-7-8(1-2-10(9)16)3-4-12(15)5-6-12/h1-2,7,11,16H,3-6,15H2. The predicted octanol–water partition coefficient (Wildman–Crippen LogP) is 2.75. The van der Waals surface area contributed by atoms with E-state index in [-0.39, 0.29) is 16.9 Å². The summed E-state index contributed by atoms with van der Waals surface area (Å²) in [6.45, 7) is 0. The number of phenols is 1. The number of rotatable bonds is 4. The van der Waals surface area contributed by atoms with Crippen molar-refractivity contribution in [2.24, 2.45) is 5.73 Å². The smallest absolute Gasteiger partial charge is 0.267 e. The summed E-state index contributed by atoms with van der Waals surface area (Å²) in [5.41, 5.74) is 6.38. The van der Waals surface area contributed by atoms with Gasteiger partial charge in [0.05, 0.1) is 5.56 Å². The van der Waals surface area contributed by atoms with Gasteiger partial charge in [-0.3, -0.25) is 0 Å². The van der Waals surface area contributed by atoms with Gasteiger partial charge in [-0.2, -0.15) is 0 Å². The fourth-order valence-corrected chi connectivity index (χ4v) is 1.74. The van der Waals surface area contributed by atoms with E-state index in [4.69, 9.17) is 5.73 Å². The lowest BCUT2D eigenvalue weighted by atomic mass is 10.0. The van der Waals surface area contributed by atoms with Crippen molar-refractivity contribution in [1.29, 1.82) is 0 Å². The van der Waals surface area contributed by atoms with Crippen LogP contribution in [0.4, 0.5) is 8.78 Å². The third kappa shape index (κ3) is 2.50. The number of aromatic hydroxyl groups is 1. The summed E-state index contributed by atoms with van der Waals surface area (Å²) < 4.78 is 25.0. The zero-order valence-electron chi connectivity index (χ0n) is 8.92.